The highest BCUT2D eigenvalue weighted by atomic mass is 28.5. The van der Waals surface area contributed by atoms with Crippen molar-refractivity contribution in [2.75, 3.05) is 0 Å². The van der Waals surface area contributed by atoms with E-state index in [2.05, 4.69) is 39.7 Å². The third-order valence-corrected chi connectivity index (χ3v) is 11.9. The van der Waals surface area contributed by atoms with Crippen LogP contribution in [0.25, 0.3) is 0 Å². The fourth-order valence-corrected chi connectivity index (χ4v) is 14.2. The van der Waals surface area contributed by atoms with Crippen LogP contribution in [0.3, 0.4) is 0 Å². The largest absolute Gasteiger partial charge is 0.437 e. The van der Waals surface area contributed by atoms with Crippen molar-refractivity contribution in [3.63, 3.8) is 0 Å². The lowest BCUT2D eigenvalue weighted by Gasteiger charge is -2.36. The van der Waals surface area contributed by atoms with Crippen LogP contribution in [0.4, 0.5) is 0 Å². The second-order valence-electron chi connectivity index (χ2n) is 6.70. The van der Waals surface area contributed by atoms with Gasteiger partial charge in [-0.25, -0.2) is 0 Å². The van der Waals surface area contributed by atoms with Gasteiger partial charge in [0.25, 0.3) is 0 Å². The lowest BCUT2D eigenvalue weighted by Crippen LogP contribution is -2.52. The number of unbranched alkanes of at least 4 members (excludes halogenated alkanes) is 3. The minimum absolute atomic E-state index is 0.832. The van der Waals surface area contributed by atoms with Crippen LogP contribution >= 0.6 is 0 Å². The Bertz CT molecular complexity index is 237. The third-order valence-electron chi connectivity index (χ3n) is 2.51. The van der Waals surface area contributed by atoms with E-state index >= 15 is 0 Å². The Kier molecular flexibility index (Phi) is 7.57. The normalized spacial score (nSPS) is 16.7. The van der Waals surface area contributed by atoms with Crippen LogP contribution in [0.5, 0.6) is 0 Å². The molecule has 0 saturated carbocycles. The van der Waals surface area contributed by atoms with Crippen molar-refractivity contribution in [2.45, 2.75) is 77.9 Å². The van der Waals surface area contributed by atoms with E-state index in [1.165, 1.54) is 19.3 Å². The van der Waals surface area contributed by atoms with E-state index in [9.17, 15) is 4.80 Å². The highest BCUT2D eigenvalue weighted by Crippen LogP contribution is 2.22. The fourth-order valence-electron chi connectivity index (χ4n) is 2.22. The van der Waals surface area contributed by atoms with Gasteiger partial charge < -0.3 is 13.0 Å². The Balaban J connectivity index is 4.20. The Morgan fingerprint density at radius 2 is 1.39 bits per heavy atom. The molecule has 0 radical (unpaired) electrons. The first kappa shape index (κ1) is 18.5. The number of hydrogen-bond donors (Lipinski definition) is 1. The molecule has 0 aliphatic heterocycles. The molecule has 18 heavy (non-hydrogen) atoms. The average Bonchev–Trinajstić information content (AvgIpc) is 2.06. The first-order valence-electron chi connectivity index (χ1n) is 7.10. The van der Waals surface area contributed by atoms with Gasteiger partial charge in [-0.3, -0.25) is 0 Å². The zero-order chi connectivity index (χ0) is 14.4. The SMILES string of the molecule is CCCCCC[Si](C)(O)O[Si](C)(C)O[Si](C)(C)C. The van der Waals surface area contributed by atoms with Crippen LogP contribution in [0.1, 0.15) is 32.6 Å². The number of rotatable bonds is 9. The van der Waals surface area contributed by atoms with Crippen LogP contribution in [0, 0.1) is 0 Å². The molecule has 0 aliphatic rings. The van der Waals surface area contributed by atoms with Gasteiger partial charge in [-0.2, -0.15) is 0 Å². The molecule has 0 rings (SSSR count). The molecular weight excluding hydrogens is 276 g/mol. The van der Waals surface area contributed by atoms with Crippen molar-refractivity contribution in [3.05, 3.63) is 0 Å². The highest BCUT2D eigenvalue weighted by Gasteiger charge is 2.39. The summed E-state index contributed by atoms with van der Waals surface area (Å²) in [5.41, 5.74) is 0. The van der Waals surface area contributed by atoms with Crippen LogP contribution in [-0.2, 0) is 8.23 Å². The van der Waals surface area contributed by atoms with Gasteiger partial charge in [0.1, 0.15) is 0 Å². The van der Waals surface area contributed by atoms with E-state index in [-0.39, 0.29) is 0 Å². The minimum atomic E-state index is -2.53. The molecule has 0 aromatic rings. The average molecular weight is 309 g/mol. The molecule has 0 heterocycles. The Labute approximate surface area is 117 Å². The molecule has 0 saturated heterocycles. The second-order valence-corrected chi connectivity index (χ2v) is 18.2. The van der Waals surface area contributed by atoms with E-state index in [1.54, 1.807) is 0 Å². The molecular formula is C12H32O3Si3. The lowest BCUT2D eigenvalue weighted by molar-refractivity contribution is 0.317. The lowest BCUT2D eigenvalue weighted by atomic mass is 10.2. The van der Waals surface area contributed by atoms with Crippen molar-refractivity contribution in [1.82, 2.24) is 0 Å². The van der Waals surface area contributed by atoms with Gasteiger partial charge in [0.2, 0.25) is 0 Å². The Morgan fingerprint density at radius 3 is 1.83 bits per heavy atom. The van der Waals surface area contributed by atoms with Gasteiger partial charge in [0.05, 0.1) is 0 Å². The van der Waals surface area contributed by atoms with Crippen molar-refractivity contribution in [2.24, 2.45) is 0 Å². The van der Waals surface area contributed by atoms with E-state index < -0.39 is 25.4 Å². The molecule has 0 bridgehead atoms. The molecule has 1 atom stereocenters. The molecule has 0 aromatic carbocycles. The van der Waals surface area contributed by atoms with Crippen LogP contribution in [0.15, 0.2) is 0 Å². The summed E-state index contributed by atoms with van der Waals surface area (Å²) in [5.74, 6) is 0. The summed E-state index contributed by atoms with van der Waals surface area (Å²) in [5, 5.41) is 0. The van der Waals surface area contributed by atoms with Crippen molar-refractivity contribution in [1.29, 1.82) is 0 Å². The van der Waals surface area contributed by atoms with Crippen LogP contribution in [-0.4, -0.2) is 30.2 Å². The summed E-state index contributed by atoms with van der Waals surface area (Å²) < 4.78 is 12.1. The van der Waals surface area contributed by atoms with Gasteiger partial charge in [-0.15, -0.1) is 0 Å². The van der Waals surface area contributed by atoms with Gasteiger partial charge in [0.15, 0.2) is 8.32 Å². The second kappa shape index (κ2) is 7.35. The topological polar surface area (TPSA) is 38.7 Å². The molecule has 0 aromatic heterocycles. The Morgan fingerprint density at radius 1 is 0.833 bits per heavy atom. The smallest absolute Gasteiger partial charge is 0.323 e. The maximum Gasteiger partial charge on any atom is 0.323 e. The fraction of sp³-hybridized carbons (Fsp3) is 1.00. The molecule has 3 nitrogen and oxygen atoms in total. The zero-order valence-electron chi connectivity index (χ0n) is 13.3. The van der Waals surface area contributed by atoms with E-state index in [1.807, 2.05) is 6.55 Å². The summed E-state index contributed by atoms with van der Waals surface area (Å²) >= 11 is 0. The van der Waals surface area contributed by atoms with Crippen molar-refractivity contribution in [3.8, 4) is 0 Å². The quantitative estimate of drug-likeness (QED) is 0.512. The van der Waals surface area contributed by atoms with Gasteiger partial charge in [-0.05, 0) is 45.3 Å². The summed E-state index contributed by atoms with van der Waals surface area (Å²) in [6.45, 7) is 14.7. The predicted molar refractivity (Wildman–Crippen MR) is 85.8 cm³/mol. The highest BCUT2D eigenvalue weighted by molar-refractivity contribution is 6.85. The minimum Gasteiger partial charge on any atom is -0.437 e. The van der Waals surface area contributed by atoms with Gasteiger partial charge in [-0.1, -0.05) is 32.6 Å². The zero-order valence-corrected chi connectivity index (χ0v) is 16.3. The van der Waals surface area contributed by atoms with Crippen LogP contribution in [0.2, 0.25) is 45.3 Å². The third kappa shape index (κ3) is 10.5. The monoisotopic (exact) mass is 308 g/mol. The van der Waals surface area contributed by atoms with Gasteiger partial charge >= 0.3 is 17.1 Å². The maximum atomic E-state index is 10.4. The van der Waals surface area contributed by atoms with E-state index in [0.29, 0.717) is 0 Å². The molecule has 1 N–H and O–H groups in total. The molecule has 1 unspecified atom stereocenters. The summed E-state index contributed by atoms with van der Waals surface area (Å²) in [6, 6.07) is 0.832. The molecule has 6 heteroatoms. The summed E-state index contributed by atoms with van der Waals surface area (Å²) in [6.07, 6.45) is 4.74. The standard InChI is InChI=1S/C12H32O3Si3/c1-8-9-10-11-12-18(7,13)15-17(5,6)14-16(2,3)4/h13H,8-12H2,1-7H3. The van der Waals surface area contributed by atoms with E-state index in [0.717, 1.165) is 12.5 Å². The molecule has 0 aliphatic carbocycles. The first-order valence-corrected chi connectivity index (χ1v) is 15.9. The van der Waals surface area contributed by atoms with Crippen molar-refractivity contribution < 1.29 is 13.0 Å². The Hall–Kier alpha value is 0.531. The van der Waals surface area contributed by atoms with Gasteiger partial charge in [0, 0.05) is 0 Å². The molecule has 0 fully saturated rings. The summed E-state index contributed by atoms with van der Waals surface area (Å²) in [7, 11) is -6.29. The molecule has 0 amide bonds. The van der Waals surface area contributed by atoms with Crippen molar-refractivity contribution >= 4 is 25.4 Å². The van der Waals surface area contributed by atoms with Crippen LogP contribution < -0.4 is 0 Å². The van der Waals surface area contributed by atoms with E-state index in [4.69, 9.17) is 8.23 Å². The maximum absolute atomic E-state index is 10.4. The molecule has 110 valence electrons. The predicted octanol–water partition coefficient (Wildman–Crippen LogP) is 4.20. The summed E-state index contributed by atoms with van der Waals surface area (Å²) in [4.78, 5) is 10.4. The first-order chi connectivity index (χ1) is 7.97. The molecule has 0 spiro atoms. The number of hydrogen-bond acceptors (Lipinski definition) is 3.